The first-order valence-corrected chi connectivity index (χ1v) is 6.15. The molecular formula is C13H21NO3. The van der Waals surface area contributed by atoms with Gasteiger partial charge in [0.05, 0.1) is 18.2 Å². The van der Waals surface area contributed by atoms with E-state index in [0.717, 1.165) is 24.4 Å². The molecule has 2 heterocycles. The van der Waals surface area contributed by atoms with Crippen molar-refractivity contribution in [2.24, 2.45) is 0 Å². The Morgan fingerprint density at radius 2 is 2.29 bits per heavy atom. The molecule has 1 aromatic rings. The van der Waals surface area contributed by atoms with Gasteiger partial charge in [0.2, 0.25) is 0 Å². The van der Waals surface area contributed by atoms with Gasteiger partial charge >= 0.3 is 0 Å². The van der Waals surface area contributed by atoms with E-state index < -0.39 is 0 Å². The molecule has 0 aliphatic carbocycles. The maximum absolute atomic E-state index is 5.88. The minimum absolute atomic E-state index is 0.130. The minimum atomic E-state index is 0.130. The Kier molecular flexibility index (Phi) is 4.20. The zero-order valence-corrected chi connectivity index (χ0v) is 10.7. The van der Waals surface area contributed by atoms with Gasteiger partial charge in [-0.1, -0.05) is 0 Å². The van der Waals surface area contributed by atoms with Crippen LogP contribution in [0.25, 0.3) is 0 Å². The number of hydrogen-bond donors (Lipinski definition) is 1. The van der Waals surface area contributed by atoms with E-state index >= 15 is 0 Å². The van der Waals surface area contributed by atoms with Crippen LogP contribution in [-0.4, -0.2) is 26.4 Å². The third kappa shape index (κ3) is 2.89. The molecule has 1 aliphatic heterocycles. The lowest BCUT2D eigenvalue weighted by molar-refractivity contribution is 0.0278. The molecular weight excluding hydrogens is 218 g/mol. The molecule has 2 rings (SSSR count). The first-order chi connectivity index (χ1) is 8.24. The van der Waals surface area contributed by atoms with Gasteiger partial charge in [0.15, 0.2) is 0 Å². The molecule has 0 bridgehead atoms. The molecule has 17 heavy (non-hydrogen) atoms. The Hall–Kier alpha value is -0.840. The van der Waals surface area contributed by atoms with Crippen LogP contribution >= 0.6 is 0 Å². The summed E-state index contributed by atoms with van der Waals surface area (Å²) < 4.78 is 16.7. The van der Waals surface area contributed by atoms with Crippen LogP contribution < -0.4 is 5.32 Å². The topological polar surface area (TPSA) is 43.6 Å². The number of furan rings is 1. The summed E-state index contributed by atoms with van der Waals surface area (Å²) in [7, 11) is 3.61. The van der Waals surface area contributed by atoms with Crippen molar-refractivity contribution in [3.63, 3.8) is 0 Å². The Balaban J connectivity index is 2.06. The molecule has 0 saturated carbocycles. The molecule has 0 radical (unpaired) electrons. The highest BCUT2D eigenvalue weighted by atomic mass is 16.5. The third-order valence-electron chi connectivity index (χ3n) is 3.22. The van der Waals surface area contributed by atoms with Crippen LogP contribution in [-0.2, 0) is 16.1 Å². The standard InChI is InChI=1S/C13H21NO3/c1-9-4-6-11(16-9)13(14-2)12-7-5-10(17-12)8-15-3/h5,7,9,11,13-14H,4,6,8H2,1-3H3. The Labute approximate surface area is 102 Å². The second-order valence-corrected chi connectivity index (χ2v) is 4.57. The summed E-state index contributed by atoms with van der Waals surface area (Å²) >= 11 is 0. The van der Waals surface area contributed by atoms with Gasteiger partial charge in [0.25, 0.3) is 0 Å². The zero-order valence-electron chi connectivity index (χ0n) is 10.7. The number of likely N-dealkylation sites (N-methyl/N-ethyl adjacent to an activating group) is 1. The van der Waals surface area contributed by atoms with Gasteiger partial charge in [-0.15, -0.1) is 0 Å². The molecule has 4 heteroatoms. The fraction of sp³-hybridized carbons (Fsp3) is 0.692. The van der Waals surface area contributed by atoms with Crippen molar-refractivity contribution in [1.29, 1.82) is 0 Å². The van der Waals surface area contributed by atoms with Crippen molar-refractivity contribution in [2.75, 3.05) is 14.2 Å². The van der Waals surface area contributed by atoms with E-state index in [2.05, 4.69) is 12.2 Å². The van der Waals surface area contributed by atoms with Crippen LogP contribution in [0.1, 0.15) is 37.3 Å². The summed E-state index contributed by atoms with van der Waals surface area (Å²) in [5, 5.41) is 3.28. The molecule has 1 saturated heterocycles. The first-order valence-electron chi connectivity index (χ1n) is 6.15. The summed E-state index contributed by atoms with van der Waals surface area (Å²) in [5.74, 6) is 1.78. The molecule has 0 spiro atoms. The highest BCUT2D eigenvalue weighted by Crippen LogP contribution is 2.30. The smallest absolute Gasteiger partial charge is 0.129 e. The van der Waals surface area contributed by atoms with Crippen molar-refractivity contribution in [3.05, 3.63) is 23.7 Å². The Morgan fingerprint density at radius 3 is 2.88 bits per heavy atom. The largest absolute Gasteiger partial charge is 0.462 e. The Bertz CT molecular complexity index is 350. The van der Waals surface area contributed by atoms with E-state index in [9.17, 15) is 0 Å². The van der Waals surface area contributed by atoms with Gasteiger partial charge in [-0.2, -0.15) is 0 Å². The number of rotatable bonds is 5. The summed E-state index contributed by atoms with van der Waals surface area (Å²) in [6.07, 6.45) is 2.75. The second kappa shape index (κ2) is 5.67. The summed E-state index contributed by atoms with van der Waals surface area (Å²) in [6.45, 7) is 2.63. The maximum Gasteiger partial charge on any atom is 0.129 e. The van der Waals surface area contributed by atoms with E-state index in [0.29, 0.717) is 12.7 Å². The normalized spacial score (nSPS) is 26.3. The molecule has 96 valence electrons. The molecule has 1 aromatic heterocycles. The van der Waals surface area contributed by atoms with Gasteiger partial charge < -0.3 is 19.2 Å². The lowest BCUT2D eigenvalue weighted by Gasteiger charge is -2.21. The molecule has 3 unspecified atom stereocenters. The number of nitrogens with one attached hydrogen (secondary N) is 1. The van der Waals surface area contributed by atoms with Crippen molar-refractivity contribution in [2.45, 2.75) is 44.6 Å². The fourth-order valence-electron chi connectivity index (χ4n) is 2.37. The van der Waals surface area contributed by atoms with Gasteiger partial charge in [-0.25, -0.2) is 0 Å². The predicted octanol–water partition coefficient (Wildman–Crippen LogP) is 2.25. The quantitative estimate of drug-likeness (QED) is 0.856. The van der Waals surface area contributed by atoms with Crippen LogP contribution in [0.2, 0.25) is 0 Å². The second-order valence-electron chi connectivity index (χ2n) is 4.57. The molecule has 0 amide bonds. The maximum atomic E-state index is 5.88. The van der Waals surface area contributed by atoms with E-state index in [-0.39, 0.29) is 12.1 Å². The van der Waals surface area contributed by atoms with E-state index in [1.165, 1.54) is 0 Å². The number of ether oxygens (including phenoxy) is 2. The fourth-order valence-corrected chi connectivity index (χ4v) is 2.37. The van der Waals surface area contributed by atoms with E-state index in [4.69, 9.17) is 13.9 Å². The van der Waals surface area contributed by atoms with Crippen LogP contribution in [0.3, 0.4) is 0 Å². The average Bonchev–Trinajstić information content (AvgIpc) is 2.91. The molecule has 4 nitrogen and oxygen atoms in total. The summed E-state index contributed by atoms with van der Waals surface area (Å²) in [5.41, 5.74) is 0. The van der Waals surface area contributed by atoms with Gasteiger partial charge in [-0.3, -0.25) is 0 Å². The molecule has 0 aromatic carbocycles. The van der Waals surface area contributed by atoms with Gasteiger partial charge in [-0.05, 0) is 38.9 Å². The van der Waals surface area contributed by atoms with Crippen molar-refractivity contribution < 1.29 is 13.9 Å². The minimum Gasteiger partial charge on any atom is -0.462 e. The SMILES string of the molecule is CNC(c1ccc(COC)o1)C1CCC(C)O1. The summed E-state index contributed by atoms with van der Waals surface area (Å²) in [4.78, 5) is 0. The summed E-state index contributed by atoms with van der Waals surface area (Å²) in [6, 6.07) is 4.09. The van der Waals surface area contributed by atoms with Crippen LogP contribution in [0, 0.1) is 0 Å². The number of hydrogen-bond acceptors (Lipinski definition) is 4. The van der Waals surface area contributed by atoms with Gasteiger partial charge in [0.1, 0.15) is 18.1 Å². The third-order valence-corrected chi connectivity index (χ3v) is 3.22. The first kappa shape index (κ1) is 12.6. The van der Waals surface area contributed by atoms with E-state index in [1.807, 2.05) is 19.2 Å². The lowest BCUT2D eigenvalue weighted by atomic mass is 10.1. The Morgan fingerprint density at radius 1 is 1.47 bits per heavy atom. The van der Waals surface area contributed by atoms with Crippen LogP contribution in [0.5, 0.6) is 0 Å². The predicted molar refractivity (Wildman–Crippen MR) is 64.8 cm³/mol. The lowest BCUT2D eigenvalue weighted by Crippen LogP contribution is -2.29. The molecule has 1 fully saturated rings. The highest BCUT2D eigenvalue weighted by molar-refractivity contribution is 5.12. The van der Waals surface area contributed by atoms with Crippen LogP contribution in [0.4, 0.5) is 0 Å². The number of methoxy groups -OCH3 is 1. The molecule has 1 aliphatic rings. The highest BCUT2D eigenvalue weighted by Gasteiger charge is 2.31. The van der Waals surface area contributed by atoms with E-state index in [1.54, 1.807) is 7.11 Å². The van der Waals surface area contributed by atoms with Crippen molar-refractivity contribution in [3.8, 4) is 0 Å². The van der Waals surface area contributed by atoms with Crippen molar-refractivity contribution in [1.82, 2.24) is 5.32 Å². The monoisotopic (exact) mass is 239 g/mol. The molecule has 3 atom stereocenters. The molecule has 1 N–H and O–H groups in total. The average molecular weight is 239 g/mol. The van der Waals surface area contributed by atoms with Gasteiger partial charge in [0, 0.05) is 7.11 Å². The van der Waals surface area contributed by atoms with Crippen molar-refractivity contribution >= 4 is 0 Å². The van der Waals surface area contributed by atoms with Crippen LogP contribution in [0.15, 0.2) is 16.5 Å². The zero-order chi connectivity index (χ0) is 12.3.